The molecule has 1 aromatic carbocycles. The smallest absolute Gasteiger partial charge is 0.413 e. The standard InChI is InChI=1S/C12H13N5O3/c1-2-20-12(19)13-10(18)8-17-15-11(14-16-17)9-6-4-3-5-7-9/h3-7H,2,8H2,1H3,(H,13,18,19). The number of tetrazole rings is 1. The number of imide groups is 1. The zero-order chi connectivity index (χ0) is 14.4. The molecule has 1 heterocycles. The third kappa shape index (κ3) is 3.61. The first-order chi connectivity index (χ1) is 9.69. The second-order valence-electron chi connectivity index (χ2n) is 3.78. The Morgan fingerprint density at radius 2 is 2.05 bits per heavy atom. The number of carbonyl (C=O) groups is 2. The summed E-state index contributed by atoms with van der Waals surface area (Å²) in [5.74, 6) is -0.157. The lowest BCUT2D eigenvalue weighted by Crippen LogP contribution is -2.34. The number of ether oxygens (including phenoxy) is 1. The first-order valence-corrected chi connectivity index (χ1v) is 5.99. The van der Waals surface area contributed by atoms with Crippen LogP contribution in [-0.4, -0.2) is 38.8 Å². The van der Waals surface area contributed by atoms with Crippen LogP contribution in [0, 0.1) is 0 Å². The van der Waals surface area contributed by atoms with Crippen LogP contribution in [0.15, 0.2) is 30.3 Å². The molecule has 2 amide bonds. The van der Waals surface area contributed by atoms with Crippen LogP contribution in [0.5, 0.6) is 0 Å². The molecule has 0 aliphatic rings. The van der Waals surface area contributed by atoms with E-state index < -0.39 is 12.0 Å². The van der Waals surface area contributed by atoms with Gasteiger partial charge in [0.15, 0.2) is 0 Å². The van der Waals surface area contributed by atoms with Gasteiger partial charge >= 0.3 is 6.09 Å². The van der Waals surface area contributed by atoms with Crippen molar-refractivity contribution in [3.63, 3.8) is 0 Å². The summed E-state index contributed by atoms with van der Waals surface area (Å²) >= 11 is 0. The zero-order valence-corrected chi connectivity index (χ0v) is 10.8. The van der Waals surface area contributed by atoms with Crippen LogP contribution in [0.3, 0.4) is 0 Å². The summed E-state index contributed by atoms with van der Waals surface area (Å²) in [6.07, 6.45) is -0.791. The van der Waals surface area contributed by atoms with Crippen LogP contribution in [0.2, 0.25) is 0 Å². The predicted molar refractivity (Wildman–Crippen MR) is 68.4 cm³/mol. The highest BCUT2D eigenvalue weighted by molar-refractivity contribution is 5.91. The molecule has 0 aliphatic carbocycles. The zero-order valence-electron chi connectivity index (χ0n) is 10.8. The van der Waals surface area contributed by atoms with Crippen LogP contribution in [0.4, 0.5) is 4.79 Å². The minimum absolute atomic E-state index is 0.193. The van der Waals surface area contributed by atoms with Gasteiger partial charge in [-0.25, -0.2) is 4.79 Å². The summed E-state index contributed by atoms with van der Waals surface area (Å²) in [5.41, 5.74) is 0.796. The molecule has 0 bridgehead atoms. The van der Waals surface area contributed by atoms with E-state index in [1.165, 1.54) is 0 Å². The Morgan fingerprint density at radius 3 is 2.75 bits per heavy atom. The molecule has 0 aliphatic heterocycles. The maximum absolute atomic E-state index is 11.5. The molecule has 8 heteroatoms. The van der Waals surface area contributed by atoms with E-state index in [1.54, 1.807) is 6.92 Å². The van der Waals surface area contributed by atoms with E-state index in [9.17, 15) is 9.59 Å². The maximum atomic E-state index is 11.5. The minimum atomic E-state index is -0.791. The van der Waals surface area contributed by atoms with Gasteiger partial charge in [-0.2, -0.15) is 4.80 Å². The molecule has 0 saturated carbocycles. The summed E-state index contributed by atoms with van der Waals surface area (Å²) < 4.78 is 4.59. The molecule has 2 aromatic rings. The van der Waals surface area contributed by atoms with Crippen molar-refractivity contribution in [2.75, 3.05) is 6.61 Å². The molecular formula is C12H13N5O3. The SMILES string of the molecule is CCOC(=O)NC(=O)Cn1nnc(-c2ccccc2)n1. The van der Waals surface area contributed by atoms with Crippen molar-refractivity contribution < 1.29 is 14.3 Å². The number of carbonyl (C=O) groups excluding carboxylic acids is 2. The molecular weight excluding hydrogens is 262 g/mol. The molecule has 0 saturated heterocycles. The predicted octanol–water partition coefficient (Wildman–Crippen LogP) is 0.613. The summed E-state index contributed by atoms with van der Waals surface area (Å²) in [6, 6.07) is 9.24. The number of alkyl carbamates (subject to hydrolysis) is 1. The van der Waals surface area contributed by atoms with Crippen LogP contribution in [-0.2, 0) is 16.1 Å². The molecule has 20 heavy (non-hydrogen) atoms. The Hall–Kier alpha value is -2.77. The quantitative estimate of drug-likeness (QED) is 0.877. The van der Waals surface area contributed by atoms with Gasteiger partial charge in [0.1, 0.15) is 6.54 Å². The second kappa shape index (κ2) is 6.41. The number of rotatable bonds is 4. The van der Waals surface area contributed by atoms with Gasteiger partial charge in [-0.05, 0) is 12.1 Å². The van der Waals surface area contributed by atoms with Crippen LogP contribution in [0.1, 0.15) is 6.92 Å². The maximum Gasteiger partial charge on any atom is 0.413 e. The Balaban J connectivity index is 1.96. The highest BCUT2D eigenvalue weighted by atomic mass is 16.5. The molecule has 1 N–H and O–H groups in total. The van der Waals surface area contributed by atoms with Gasteiger partial charge in [0.25, 0.3) is 5.91 Å². The van der Waals surface area contributed by atoms with E-state index in [-0.39, 0.29) is 13.2 Å². The fraction of sp³-hybridized carbons (Fsp3) is 0.250. The number of nitrogens with one attached hydrogen (secondary N) is 1. The molecule has 0 spiro atoms. The molecule has 0 unspecified atom stereocenters. The van der Waals surface area contributed by atoms with E-state index in [4.69, 9.17) is 0 Å². The van der Waals surface area contributed by atoms with Gasteiger partial charge in [0, 0.05) is 5.56 Å². The van der Waals surface area contributed by atoms with E-state index >= 15 is 0 Å². The summed E-state index contributed by atoms with van der Waals surface area (Å²) in [6.45, 7) is 1.63. The summed E-state index contributed by atoms with van der Waals surface area (Å²) in [7, 11) is 0. The van der Waals surface area contributed by atoms with Crippen molar-refractivity contribution in [3.05, 3.63) is 30.3 Å². The monoisotopic (exact) mass is 275 g/mol. The number of hydrogen-bond donors (Lipinski definition) is 1. The fourth-order valence-corrected chi connectivity index (χ4v) is 1.46. The van der Waals surface area contributed by atoms with Crippen molar-refractivity contribution in [2.24, 2.45) is 0 Å². The third-order valence-corrected chi connectivity index (χ3v) is 2.29. The first-order valence-electron chi connectivity index (χ1n) is 5.99. The van der Waals surface area contributed by atoms with E-state index in [2.05, 4.69) is 20.1 Å². The van der Waals surface area contributed by atoms with Crippen molar-refractivity contribution in [1.29, 1.82) is 0 Å². The van der Waals surface area contributed by atoms with Gasteiger partial charge < -0.3 is 4.74 Å². The summed E-state index contributed by atoms with van der Waals surface area (Å²) in [5, 5.41) is 13.7. The van der Waals surface area contributed by atoms with E-state index in [0.717, 1.165) is 10.4 Å². The highest BCUT2D eigenvalue weighted by Crippen LogP contribution is 2.11. The lowest BCUT2D eigenvalue weighted by Gasteiger charge is -2.02. The number of aromatic nitrogens is 4. The average molecular weight is 275 g/mol. The van der Waals surface area contributed by atoms with Crippen molar-refractivity contribution in [3.8, 4) is 11.4 Å². The Labute approximate surface area is 114 Å². The molecule has 104 valence electrons. The van der Waals surface area contributed by atoms with Crippen LogP contribution >= 0.6 is 0 Å². The lowest BCUT2D eigenvalue weighted by atomic mass is 10.2. The number of amides is 2. The molecule has 8 nitrogen and oxygen atoms in total. The average Bonchev–Trinajstić information content (AvgIpc) is 2.88. The van der Waals surface area contributed by atoms with Crippen LogP contribution in [0.25, 0.3) is 11.4 Å². The topological polar surface area (TPSA) is 99.0 Å². The fourth-order valence-electron chi connectivity index (χ4n) is 1.46. The highest BCUT2D eigenvalue weighted by Gasteiger charge is 2.12. The van der Waals surface area contributed by atoms with Crippen LogP contribution < -0.4 is 5.32 Å². The van der Waals surface area contributed by atoms with E-state index in [0.29, 0.717) is 5.82 Å². The summed E-state index contributed by atoms with van der Waals surface area (Å²) in [4.78, 5) is 23.7. The normalized spacial score (nSPS) is 10.1. The molecule has 0 atom stereocenters. The van der Waals surface area contributed by atoms with Gasteiger partial charge in [-0.3, -0.25) is 10.1 Å². The Morgan fingerprint density at radius 1 is 1.30 bits per heavy atom. The minimum Gasteiger partial charge on any atom is -0.450 e. The van der Waals surface area contributed by atoms with Gasteiger partial charge in [0.05, 0.1) is 6.61 Å². The third-order valence-electron chi connectivity index (χ3n) is 2.29. The lowest BCUT2D eigenvalue weighted by molar-refractivity contribution is -0.121. The number of hydrogen-bond acceptors (Lipinski definition) is 6. The number of nitrogens with zero attached hydrogens (tertiary/aromatic N) is 4. The molecule has 0 radical (unpaired) electrons. The van der Waals surface area contributed by atoms with Gasteiger partial charge in [0.2, 0.25) is 5.82 Å². The van der Waals surface area contributed by atoms with Gasteiger partial charge in [-0.15, -0.1) is 10.2 Å². The second-order valence-corrected chi connectivity index (χ2v) is 3.78. The Kier molecular flexibility index (Phi) is 4.38. The van der Waals surface area contributed by atoms with Crippen molar-refractivity contribution in [2.45, 2.75) is 13.5 Å². The van der Waals surface area contributed by atoms with Crippen molar-refractivity contribution >= 4 is 12.0 Å². The molecule has 0 fully saturated rings. The molecule has 2 rings (SSSR count). The first kappa shape index (κ1) is 13.7. The largest absolute Gasteiger partial charge is 0.450 e. The molecule has 1 aromatic heterocycles. The van der Waals surface area contributed by atoms with Crippen molar-refractivity contribution in [1.82, 2.24) is 25.5 Å². The Bertz CT molecular complexity index is 596. The van der Waals surface area contributed by atoms with Gasteiger partial charge in [-0.1, -0.05) is 30.3 Å². The number of benzene rings is 1. The van der Waals surface area contributed by atoms with E-state index in [1.807, 2.05) is 35.6 Å².